The van der Waals surface area contributed by atoms with E-state index in [2.05, 4.69) is 20.5 Å². The molecular weight excluding hydrogens is 458 g/mol. The fourth-order valence-corrected chi connectivity index (χ4v) is 4.45. The summed E-state index contributed by atoms with van der Waals surface area (Å²) in [6.07, 6.45) is 3.91. The molecule has 0 radical (unpaired) electrons. The molecule has 10 heteroatoms. The molecule has 36 heavy (non-hydrogen) atoms. The molecule has 4 heterocycles. The maximum Gasteiger partial charge on any atom is 0.319 e. The summed E-state index contributed by atoms with van der Waals surface area (Å²) >= 11 is 0. The van der Waals surface area contributed by atoms with Crippen molar-refractivity contribution < 1.29 is 14.3 Å². The lowest BCUT2D eigenvalue weighted by Crippen LogP contribution is -2.41. The first-order valence-electron chi connectivity index (χ1n) is 12.2. The second-order valence-electron chi connectivity index (χ2n) is 8.68. The van der Waals surface area contributed by atoms with E-state index in [9.17, 15) is 9.59 Å². The molecule has 0 unspecified atom stereocenters. The molecule has 0 saturated carbocycles. The fraction of sp³-hybridized carbons (Fsp3) is 0.346. The summed E-state index contributed by atoms with van der Waals surface area (Å²) in [5.74, 6) is 1.44. The summed E-state index contributed by atoms with van der Waals surface area (Å²) in [4.78, 5) is 43.0. The van der Waals surface area contributed by atoms with Crippen molar-refractivity contribution in [1.82, 2.24) is 25.2 Å². The zero-order valence-corrected chi connectivity index (χ0v) is 20.2. The van der Waals surface area contributed by atoms with Crippen molar-refractivity contribution in [2.24, 2.45) is 0 Å². The van der Waals surface area contributed by atoms with Gasteiger partial charge in [-0.15, -0.1) is 0 Å². The van der Waals surface area contributed by atoms with Gasteiger partial charge in [-0.25, -0.2) is 14.8 Å². The van der Waals surface area contributed by atoms with Crippen molar-refractivity contribution in [3.05, 3.63) is 65.6 Å². The monoisotopic (exact) mass is 487 g/mol. The number of rotatable bonds is 5. The van der Waals surface area contributed by atoms with Crippen LogP contribution in [-0.2, 0) is 17.7 Å². The zero-order valence-electron chi connectivity index (χ0n) is 20.2. The van der Waals surface area contributed by atoms with E-state index in [0.29, 0.717) is 56.3 Å². The van der Waals surface area contributed by atoms with E-state index in [0.717, 1.165) is 35.7 Å². The Morgan fingerprint density at radius 1 is 1.06 bits per heavy atom. The van der Waals surface area contributed by atoms with Crippen LogP contribution in [0.4, 0.5) is 16.3 Å². The third-order valence-corrected chi connectivity index (χ3v) is 6.28. The first-order chi connectivity index (χ1) is 17.6. The minimum atomic E-state index is -0.240. The normalized spacial score (nSPS) is 15.2. The highest BCUT2D eigenvalue weighted by Gasteiger charge is 2.29. The molecule has 3 amide bonds. The summed E-state index contributed by atoms with van der Waals surface area (Å²) in [6.45, 7) is 6.18. The second kappa shape index (κ2) is 10.7. The van der Waals surface area contributed by atoms with Gasteiger partial charge in [0.1, 0.15) is 5.82 Å². The van der Waals surface area contributed by atoms with Crippen LogP contribution in [0.15, 0.2) is 48.8 Å². The number of carbonyl (C=O) groups is 2. The second-order valence-corrected chi connectivity index (χ2v) is 8.68. The summed E-state index contributed by atoms with van der Waals surface area (Å²) < 4.78 is 5.56. The minimum Gasteiger partial charge on any atom is -0.378 e. The topological polar surface area (TPSA) is 113 Å². The van der Waals surface area contributed by atoms with Gasteiger partial charge >= 0.3 is 6.03 Å². The predicted molar refractivity (Wildman–Crippen MR) is 136 cm³/mol. The number of aromatic nitrogens is 3. The van der Waals surface area contributed by atoms with Gasteiger partial charge in [0, 0.05) is 61.8 Å². The molecule has 0 bridgehead atoms. The Kier molecular flexibility index (Phi) is 7.03. The van der Waals surface area contributed by atoms with Gasteiger partial charge < -0.3 is 25.2 Å². The maximum atomic E-state index is 13.1. The average molecular weight is 488 g/mol. The number of hydrogen-bond donors (Lipinski definition) is 2. The Morgan fingerprint density at radius 3 is 2.58 bits per heavy atom. The molecule has 3 aromatic rings. The first kappa shape index (κ1) is 23.7. The van der Waals surface area contributed by atoms with Gasteiger partial charge in [-0.2, -0.15) is 0 Å². The van der Waals surface area contributed by atoms with E-state index in [1.807, 2.05) is 36.1 Å². The summed E-state index contributed by atoms with van der Waals surface area (Å²) in [7, 11) is 0. The van der Waals surface area contributed by atoms with Crippen LogP contribution in [0.25, 0.3) is 11.4 Å². The van der Waals surface area contributed by atoms with Crippen molar-refractivity contribution >= 4 is 23.4 Å². The maximum absolute atomic E-state index is 13.1. The molecule has 0 atom stereocenters. The molecule has 2 aromatic heterocycles. The quantitative estimate of drug-likeness (QED) is 0.569. The number of pyridine rings is 1. The third kappa shape index (κ3) is 5.13. The molecule has 2 N–H and O–H groups in total. The van der Waals surface area contributed by atoms with Gasteiger partial charge in [0.2, 0.25) is 0 Å². The number of nitrogens with one attached hydrogen (secondary N) is 2. The highest BCUT2D eigenvalue weighted by atomic mass is 16.5. The van der Waals surface area contributed by atoms with Crippen LogP contribution < -0.4 is 15.5 Å². The van der Waals surface area contributed by atoms with Crippen molar-refractivity contribution in [1.29, 1.82) is 0 Å². The lowest BCUT2D eigenvalue weighted by molar-refractivity contribution is 0.0732. The van der Waals surface area contributed by atoms with Crippen molar-refractivity contribution in [3.8, 4) is 11.4 Å². The number of amides is 3. The lowest BCUT2D eigenvalue weighted by Gasteiger charge is -2.34. The van der Waals surface area contributed by atoms with Crippen LogP contribution in [0.1, 0.15) is 28.5 Å². The lowest BCUT2D eigenvalue weighted by atomic mass is 10.0. The van der Waals surface area contributed by atoms with Crippen molar-refractivity contribution in [2.75, 3.05) is 49.6 Å². The van der Waals surface area contributed by atoms with Crippen molar-refractivity contribution in [2.45, 2.75) is 19.9 Å². The molecule has 1 saturated heterocycles. The first-order valence-corrected chi connectivity index (χ1v) is 12.2. The number of hydrogen-bond acceptors (Lipinski definition) is 7. The SMILES string of the molecule is CCNC(=O)Nc1ccc(-c2nc3c(c(N4CCOCC4)n2)CN(C(=O)c2cccnc2)CC3)cc1. The molecule has 2 aliphatic rings. The van der Waals surface area contributed by atoms with Crippen LogP contribution in [0.3, 0.4) is 0 Å². The number of anilines is 2. The van der Waals surface area contributed by atoms with E-state index in [-0.39, 0.29) is 11.9 Å². The number of ether oxygens (including phenoxy) is 1. The van der Waals surface area contributed by atoms with Crippen LogP contribution >= 0.6 is 0 Å². The predicted octanol–water partition coefficient (Wildman–Crippen LogP) is 2.72. The number of fused-ring (bicyclic) bond motifs is 1. The number of nitrogens with zero attached hydrogens (tertiary/aromatic N) is 5. The number of morpholine rings is 1. The molecule has 1 fully saturated rings. The van der Waals surface area contributed by atoms with Crippen LogP contribution in [0.5, 0.6) is 0 Å². The molecule has 0 spiro atoms. The Balaban J connectivity index is 1.45. The van der Waals surface area contributed by atoms with Gasteiger partial charge in [-0.1, -0.05) is 0 Å². The number of urea groups is 1. The van der Waals surface area contributed by atoms with E-state index >= 15 is 0 Å². The van der Waals surface area contributed by atoms with Gasteiger partial charge in [0.25, 0.3) is 5.91 Å². The molecular formula is C26H29N7O3. The van der Waals surface area contributed by atoms with Gasteiger partial charge in [-0.3, -0.25) is 9.78 Å². The van der Waals surface area contributed by atoms with E-state index in [1.165, 1.54) is 0 Å². The molecule has 0 aliphatic carbocycles. The summed E-state index contributed by atoms with van der Waals surface area (Å²) in [5.41, 5.74) is 4.08. The number of benzene rings is 1. The fourth-order valence-electron chi connectivity index (χ4n) is 4.45. The Hall–Kier alpha value is -4.05. The van der Waals surface area contributed by atoms with E-state index in [1.54, 1.807) is 24.5 Å². The molecule has 10 nitrogen and oxygen atoms in total. The highest BCUT2D eigenvalue weighted by Crippen LogP contribution is 2.31. The van der Waals surface area contributed by atoms with Crippen molar-refractivity contribution in [3.63, 3.8) is 0 Å². The zero-order chi connectivity index (χ0) is 24.9. The highest BCUT2D eigenvalue weighted by molar-refractivity contribution is 5.94. The summed E-state index contributed by atoms with van der Waals surface area (Å²) in [5, 5.41) is 5.53. The molecule has 5 rings (SSSR count). The number of carbonyl (C=O) groups excluding carboxylic acids is 2. The minimum absolute atomic E-state index is 0.0408. The largest absolute Gasteiger partial charge is 0.378 e. The smallest absolute Gasteiger partial charge is 0.319 e. The van der Waals surface area contributed by atoms with Gasteiger partial charge in [-0.05, 0) is 43.3 Å². The van der Waals surface area contributed by atoms with Crippen LogP contribution in [0, 0.1) is 0 Å². The van der Waals surface area contributed by atoms with Crippen LogP contribution in [0.2, 0.25) is 0 Å². The van der Waals surface area contributed by atoms with Gasteiger partial charge in [0.15, 0.2) is 5.82 Å². The Bertz CT molecular complexity index is 1230. The Morgan fingerprint density at radius 2 is 1.86 bits per heavy atom. The summed E-state index contributed by atoms with van der Waals surface area (Å²) in [6, 6.07) is 10.8. The van der Waals surface area contributed by atoms with Crippen LogP contribution in [-0.4, -0.2) is 71.2 Å². The third-order valence-electron chi connectivity index (χ3n) is 6.28. The molecule has 186 valence electrons. The molecule has 1 aromatic carbocycles. The standard InChI is InChI=1S/C26H29N7O3/c1-2-28-26(35)29-20-7-5-18(6-8-20)23-30-22-9-11-33(25(34)19-4-3-10-27-16-19)17-21(22)24(31-23)32-12-14-36-15-13-32/h3-8,10,16H,2,9,11-15,17H2,1H3,(H2,28,29,35). The molecule has 2 aliphatic heterocycles. The van der Waals surface area contributed by atoms with Gasteiger partial charge in [0.05, 0.1) is 31.0 Å². The van der Waals surface area contributed by atoms with E-state index in [4.69, 9.17) is 14.7 Å². The van der Waals surface area contributed by atoms with E-state index < -0.39 is 0 Å². The Labute approximate surface area is 209 Å². The average Bonchev–Trinajstić information content (AvgIpc) is 2.93.